The summed E-state index contributed by atoms with van der Waals surface area (Å²) in [6.07, 6.45) is 1.13. The van der Waals surface area contributed by atoms with E-state index in [2.05, 4.69) is 12.2 Å². The van der Waals surface area contributed by atoms with Crippen LogP contribution in [0, 0.1) is 0 Å². The average Bonchev–Trinajstić information content (AvgIpc) is 2.18. The van der Waals surface area contributed by atoms with Crippen LogP contribution in [0.4, 0.5) is 11.4 Å². The smallest absolute Gasteiger partial charge is 0.221 e. The van der Waals surface area contributed by atoms with Gasteiger partial charge in [-0.15, -0.1) is 11.8 Å². The molecular weight excluding hydrogens is 208 g/mol. The lowest BCUT2D eigenvalue weighted by atomic mass is 10.2. The van der Waals surface area contributed by atoms with Gasteiger partial charge in [0.1, 0.15) is 0 Å². The third-order valence-corrected chi connectivity index (χ3v) is 3.01. The maximum atomic E-state index is 10.9. The van der Waals surface area contributed by atoms with Gasteiger partial charge in [-0.25, -0.2) is 0 Å². The number of benzene rings is 1. The van der Waals surface area contributed by atoms with E-state index in [0.717, 1.165) is 17.1 Å². The zero-order chi connectivity index (χ0) is 11.3. The number of anilines is 2. The lowest BCUT2D eigenvalue weighted by Crippen LogP contribution is -2.07. The minimum Gasteiger partial charge on any atom is -0.397 e. The Morgan fingerprint density at radius 2 is 2.27 bits per heavy atom. The lowest BCUT2D eigenvalue weighted by molar-refractivity contribution is -0.114. The molecule has 3 nitrogen and oxygen atoms in total. The van der Waals surface area contributed by atoms with Gasteiger partial charge in [0.2, 0.25) is 5.91 Å². The molecule has 0 fully saturated rings. The summed E-state index contributed by atoms with van der Waals surface area (Å²) in [5.41, 5.74) is 7.04. The number of hydrogen-bond donors (Lipinski definition) is 2. The highest BCUT2D eigenvalue weighted by molar-refractivity contribution is 7.99. The molecule has 0 spiro atoms. The van der Waals surface area contributed by atoms with E-state index in [-0.39, 0.29) is 5.91 Å². The van der Waals surface area contributed by atoms with Gasteiger partial charge in [0, 0.05) is 11.8 Å². The molecule has 1 aromatic carbocycles. The van der Waals surface area contributed by atoms with Crippen molar-refractivity contribution in [1.82, 2.24) is 0 Å². The highest BCUT2D eigenvalue weighted by Gasteiger charge is 2.02. The SMILES string of the molecule is CCCSc1ccc(N)c(NC(C)=O)c1. The molecule has 0 saturated carbocycles. The highest BCUT2D eigenvalue weighted by Crippen LogP contribution is 2.26. The van der Waals surface area contributed by atoms with Gasteiger partial charge >= 0.3 is 0 Å². The quantitative estimate of drug-likeness (QED) is 0.610. The van der Waals surface area contributed by atoms with Crippen LogP contribution in [0.25, 0.3) is 0 Å². The predicted octanol–water partition coefficient (Wildman–Crippen LogP) is 2.73. The van der Waals surface area contributed by atoms with Gasteiger partial charge < -0.3 is 11.1 Å². The van der Waals surface area contributed by atoms with Gasteiger partial charge in [-0.2, -0.15) is 0 Å². The maximum Gasteiger partial charge on any atom is 0.221 e. The van der Waals surface area contributed by atoms with Crippen molar-refractivity contribution in [2.75, 3.05) is 16.8 Å². The summed E-state index contributed by atoms with van der Waals surface area (Å²) in [6, 6.07) is 5.71. The van der Waals surface area contributed by atoms with E-state index in [1.165, 1.54) is 6.92 Å². The minimum atomic E-state index is -0.0978. The van der Waals surface area contributed by atoms with E-state index in [1.807, 2.05) is 18.2 Å². The Morgan fingerprint density at radius 3 is 2.87 bits per heavy atom. The van der Waals surface area contributed by atoms with E-state index < -0.39 is 0 Å². The van der Waals surface area contributed by atoms with E-state index in [4.69, 9.17) is 5.73 Å². The second-order valence-corrected chi connectivity index (χ2v) is 4.45. The van der Waals surface area contributed by atoms with Crippen molar-refractivity contribution >= 4 is 29.0 Å². The van der Waals surface area contributed by atoms with Gasteiger partial charge in [0.15, 0.2) is 0 Å². The largest absolute Gasteiger partial charge is 0.397 e. The topological polar surface area (TPSA) is 55.1 Å². The number of nitrogen functional groups attached to an aromatic ring is 1. The number of hydrogen-bond acceptors (Lipinski definition) is 3. The fraction of sp³-hybridized carbons (Fsp3) is 0.364. The number of nitrogens with one attached hydrogen (secondary N) is 1. The summed E-state index contributed by atoms with van der Waals surface area (Å²) < 4.78 is 0. The van der Waals surface area contributed by atoms with Gasteiger partial charge in [0.05, 0.1) is 11.4 Å². The van der Waals surface area contributed by atoms with Crippen LogP contribution in [0.5, 0.6) is 0 Å². The van der Waals surface area contributed by atoms with Crippen LogP contribution >= 0.6 is 11.8 Å². The Bertz CT molecular complexity index is 352. The third-order valence-electron chi connectivity index (χ3n) is 1.81. The van der Waals surface area contributed by atoms with E-state index in [1.54, 1.807) is 11.8 Å². The standard InChI is InChI=1S/C11H16N2OS/c1-3-6-15-9-4-5-10(12)11(7-9)13-8(2)14/h4-5,7H,3,6,12H2,1-2H3,(H,13,14). The molecule has 1 rings (SSSR count). The second kappa shape index (κ2) is 5.66. The fourth-order valence-electron chi connectivity index (χ4n) is 1.14. The Balaban J connectivity index is 2.80. The summed E-state index contributed by atoms with van der Waals surface area (Å²) in [5.74, 6) is 0.975. The summed E-state index contributed by atoms with van der Waals surface area (Å²) in [6.45, 7) is 3.62. The number of carbonyl (C=O) groups is 1. The van der Waals surface area contributed by atoms with Crippen molar-refractivity contribution in [1.29, 1.82) is 0 Å². The summed E-state index contributed by atoms with van der Waals surface area (Å²) in [7, 11) is 0. The first-order chi connectivity index (χ1) is 7.13. The van der Waals surface area contributed by atoms with Crippen molar-refractivity contribution in [3.63, 3.8) is 0 Å². The van der Waals surface area contributed by atoms with Crippen LogP contribution in [0.15, 0.2) is 23.1 Å². The zero-order valence-electron chi connectivity index (χ0n) is 9.04. The summed E-state index contributed by atoms with van der Waals surface area (Å²) in [5, 5.41) is 2.71. The van der Waals surface area contributed by atoms with Crippen molar-refractivity contribution in [2.24, 2.45) is 0 Å². The highest BCUT2D eigenvalue weighted by atomic mass is 32.2. The van der Waals surface area contributed by atoms with Crippen LogP contribution in [0.1, 0.15) is 20.3 Å². The summed E-state index contributed by atoms with van der Waals surface area (Å²) in [4.78, 5) is 12.1. The molecule has 0 radical (unpaired) electrons. The van der Waals surface area contributed by atoms with Crippen LogP contribution in [-0.4, -0.2) is 11.7 Å². The maximum absolute atomic E-state index is 10.9. The lowest BCUT2D eigenvalue weighted by Gasteiger charge is -2.08. The molecule has 15 heavy (non-hydrogen) atoms. The third kappa shape index (κ3) is 3.83. The van der Waals surface area contributed by atoms with E-state index >= 15 is 0 Å². The van der Waals surface area contributed by atoms with Crippen molar-refractivity contribution in [3.05, 3.63) is 18.2 Å². The fourth-order valence-corrected chi connectivity index (χ4v) is 1.95. The number of rotatable bonds is 4. The Labute approximate surface area is 94.4 Å². The minimum absolute atomic E-state index is 0.0978. The second-order valence-electron chi connectivity index (χ2n) is 3.28. The molecule has 1 amide bonds. The number of carbonyl (C=O) groups excluding carboxylic acids is 1. The van der Waals surface area contributed by atoms with Crippen LogP contribution in [0.2, 0.25) is 0 Å². The van der Waals surface area contributed by atoms with Crippen LogP contribution in [0.3, 0.4) is 0 Å². The predicted molar refractivity (Wildman–Crippen MR) is 66.2 cm³/mol. The van der Waals surface area contributed by atoms with Gasteiger partial charge in [-0.1, -0.05) is 6.92 Å². The first kappa shape index (κ1) is 11.9. The van der Waals surface area contributed by atoms with Crippen LogP contribution in [-0.2, 0) is 4.79 Å². The molecule has 0 heterocycles. The molecule has 0 aliphatic carbocycles. The molecule has 0 aliphatic rings. The normalized spacial score (nSPS) is 10.0. The first-order valence-corrected chi connectivity index (χ1v) is 5.92. The molecule has 0 bridgehead atoms. The van der Waals surface area contributed by atoms with E-state index in [9.17, 15) is 4.79 Å². The molecular formula is C11H16N2OS. The van der Waals surface area contributed by atoms with Gasteiger partial charge in [0.25, 0.3) is 0 Å². The molecule has 82 valence electrons. The average molecular weight is 224 g/mol. The molecule has 4 heteroatoms. The molecule has 0 aliphatic heterocycles. The Kier molecular flexibility index (Phi) is 4.49. The molecule has 3 N–H and O–H groups in total. The number of amides is 1. The van der Waals surface area contributed by atoms with Crippen molar-refractivity contribution < 1.29 is 4.79 Å². The van der Waals surface area contributed by atoms with E-state index in [0.29, 0.717) is 11.4 Å². The molecule has 0 aromatic heterocycles. The molecule has 0 saturated heterocycles. The molecule has 0 unspecified atom stereocenters. The van der Waals surface area contributed by atoms with Crippen LogP contribution < -0.4 is 11.1 Å². The van der Waals surface area contributed by atoms with Crippen molar-refractivity contribution in [3.8, 4) is 0 Å². The molecule has 1 aromatic rings. The van der Waals surface area contributed by atoms with Gasteiger partial charge in [-0.3, -0.25) is 4.79 Å². The van der Waals surface area contributed by atoms with Crippen molar-refractivity contribution in [2.45, 2.75) is 25.2 Å². The monoisotopic (exact) mass is 224 g/mol. The number of thioether (sulfide) groups is 1. The zero-order valence-corrected chi connectivity index (χ0v) is 9.86. The Morgan fingerprint density at radius 1 is 1.53 bits per heavy atom. The number of nitrogens with two attached hydrogens (primary N) is 1. The summed E-state index contributed by atoms with van der Waals surface area (Å²) >= 11 is 1.76. The Hall–Kier alpha value is -1.16. The van der Waals surface area contributed by atoms with Gasteiger partial charge in [-0.05, 0) is 30.4 Å². The first-order valence-electron chi connectivity index (χ1n) is 4.93. The molecule has 0 atom stereocenters.